The van der Waals surface area contributed by atoms with E-state index in [9.17, 15) is 4.79 Å². The van der Waals surface area contributed by atoms with Gasteiger partial charge in [0.2, 0.25) is 0 Å². The minimum absolute atomic E-state index is 0.184. The fraction of sp³-hybridized carbons (Fsp3) is 0.826. The van der Waals surface area contributed by atoms with Crippen LogP contribution in [0.3, 0.4) is 0 Å². The third kappa shape index (κ3) is 2.61. The average Bonchev–Trinajstić information content (AvgIpc) is 3.04. The molecule has 1 saturated heterocycles. The molecule has 7 rings (SSSR count). The number of hydrogen-bond acceptors (Lipinski definition) is 3. The van der Waals surface area contributed by atoms with E-state index in [1.54, 1.807) is 0 Å². The lowest BCUT2D eigenvalue weighted by Gasteiger charge is -2.61. The summed E-state index contributed by atoms with van der Waals surface area (Å²) in [6, 6.07) is 0. The van der Waals surface area contributed by atoms with E-state index in [1.807, 2.05) is 11.7 Å². The zero-order valence-corrected chi connectivity index (χ0v) is 17.3. The maximum absolute atomic E-state index is 13.3. The SMILES string of the molecule is Cn1nc(C(=O)N2CCN(C34CC5CC(CC(C5)C3)C4)CC2)c2c1CCCC2. The van der Waals surface area contributed by atoms with E-state index in [1.165, 1.54) is 62.6 Å². The summed E-state index contributed by atoms with van der Waals surface area (Å²) in [5, 5.41) is 4.65. The number of piperazine rings is 1. The van der Waals surface area contributed by atoms with Crippen molar-refractivity contribution in [2.45, 2.75) is 69.7 Å². The van der Waals surface area contributed by atoms with Gasteiger partial charge in [-0.25, -0.2) is 0 Å². The topological polar surface area (TPSA) is 41.4 Å². The van der Waals surface area contributed by atoms with Crippen LogP contribution in [0, 0.1) is 17.8 Å². The Kier molecular flexibility index (Phi) is 3.95. The molecule has 5 aliphatic carbocycles. The highest BCUT2D eigenvalue weighted by atomic mass is 16.2. The van der Waals surface area contributed by atoms with E-state index in [0.29, 0.717) is 5.54 Å². The summed E-state index contributed by atoms with van der Waals surface area (Å²) in [6.45, 7) is 3.89. The van der Waals surface area contributed by atoms with Gasteiger partial charge in [-0.05, 0) is 82.0 Å². The number of rotatable bonds is 2. The lowest BCUT2D eigenvalue weighted by atomic mass is 9.52. The molecule has 1 aromatic rings. The van der Waals surface area contributed by atoms with Crippen LogP contribution in [0.1, 0.15) is 73.1 Å². The molecule has 6 aliphatic rings. The van der Waals surface area contributed by atoms with Crippen molar-refractivity contribution in [3.8, 4) is 0 Å². The molecule has 2 heterocycles. The Morgan fingerprint density at radius 1 is 0.929 bits per heavy atom. The van der Waals surface area contributed by atoms with Crippen LogP contribution in [0.2, 0.25) is 0 Å². The fourth-order valence-electron chi connectivity index (χ4n) is 7.93. The Hall–Kier alpha value is -1.36. The number of nitrogens with zero attached hydrogens (tertiary/aromatic N) is 4. The number of carbonyl (C=O) groups is 1. The van der Waals surface area contributed by atoms with E-state index in [4.69, 9.17) is 0 Å². The van der Waals surface area contributed by atoms with Gasteiger partial charge in [0, 0.05) is 50.0 Å². The van der Waals surface area contributed by atoms with Gasteiger partial charge < -0.3 is 4.90 Å². The number of hydrogen-bond donors (Lipinski definition) is 0. The summed E-state index contributed by atoms with van der Waals surface area (Å²) in [6.07, 6.45) is 13.3. The van der Waals surface area contributed by atoms with Gasteiger partial charge in [-0.3, -0.25) is 14.4 Å². The fourth-order valence-corrected chi connectivity index (χ4v) is 7.93. The molecule has 28 heavy (non-hydrogen) atoms. The first-order chi connectivity index (χ1) is 13.6. The molecule has 5 nitrogen and oxygen atoms in total. The number of amides is 1. The second kappa shape index (κ2) is 6.32. The number of aryl methyl sites for hydroxylation is 1. The molecule has 1 amide bonds. The quantitative estimate of drug-likeness (QED) is 0.789. The predicted molar refractivity (Wildman–Crippen MR) is 108 cm³/mol. The van der Waals surface area contributed by atoms with Crippen molar-refractivity contribution in [3.63, 3.8) is 0 Å². The third-order valence-electron chi connectivity index (χ3n) is 8.81. The second-order valence-electron chi connectivity index (χ2n) is 10.5. The van der Waals surface area contributed by atoms with Gasteiger partial charge in [0.15, 0.2) is 5.69 Å². The third-order valence-corrected chi connectivity index (χ3v) is 8.81. The van der Waals surface area contributed by atoms with Crippen molar-refractivity contribution in [1.29, 1.82) is 0 Å². The molecular weight excluding hydrogens is 348 g/mol. The molecule has 0 N–H and O–H groups in total. The van der Waals surface area contributed by atoms with Gasteiger partial charge in [-0.1, -0.05) is 0 Å². The second-order valence-corrected chi connectivity index (χ2v) is 10.5. The highest BCUT2D eigenvalue weighted by Gasteiger charge is 2.53. The van der Waals surface area contributed by atoms with E-state index in [0.717, 1.165) is 62.5 Å². The van der Waals surface area contributed by atoms with Crippen molar-refractivity contribution in [2.75, 3.05) is 26.2 Å². The zero-order valence-electron chi connectivity index (χ0n) is 17.3. The summed E-state index contributed by atoms with van der Waals surface area (Å²) in [5.41, 5.74) is 3.76. The molecule has 5 heteroatoms. The summed E-state index contributed by atoms with van der Waals surface area (Å²) in [4.78, 5) is 18.2. The molecule has 0 radical (unpaired) electrons. The molecule has 0 atom stereocenters. The number of aromatic nitrogens is 2. The highest BCUT2D eigenvalue weighted by Crippen LogP contribution is 2.57. The maximum atomic E-state index is 13.3. The minimum atomic E-state index is 0.184. The molecule has 1 aromatic heterocycles. The Labute approximate surface area is 168 Å². The first-order valence-corrected chi connectivity index (χ1v) is 11.7. The summed E-state index contributed by atoms with van der Waals surface area (Å²) in [5.74, 6) is 3.16. The maximum Gasteiger partial charge on any atom is 0.274 e. The molecule has 1 aliphatic heterocycles. The van der Waals surface area contributed by atoms with Crippen molar-refractivity contribution >= 4 is 5.91 Å². The molecule has 152 valence electrons. The van der Waals surface area contributed by atoms with Crippen LogP contribution in [0.4, 0.5) is 0 Å². The molecule has 0 aromatic carbocycles. The van der Waals surface area contributed by atoms with Crippen LogP contribution in [0.5, 0.6) is 0 Å². The van der Waals surface area contributed by atoms with Gasteiger partial charge in [-0.2, -0.15) is 5.10 Å². The Balaban J connectivity index is 1.16. The molecular formula is C23H34N4O. The largest absolute Gasteiger partial charge is 0.335 e. The van der Waals surface area contributed by atoms with Crippen LogP contribution in [-0.4, -0.2) is 57.2 Å². The zero-order chi connectivity index (χ0) is 18.9. The smallest absolute Gasteiger partial charge is 0.274 e. The van der Waals surface area contributed by atoms with E-state index >= 15 is 0 Å². The predicted octanol–water partition coefficient (Wildman–Crippen LogP) is 3.03. The first-order valence-electron chi connectivity index (χ1n) is 11.7. The van der Waals surface area contributed by atoms with Gasteiger partial charge in [0.05, 0.1) is 0 Å². The number of fused-ring (bicyclic) bond motifs is 1. The van der Waals surface area contributed by atoms with Crippen LogP contribution < -0.4 is 0 Å². The first kappa shape index (κ1) is 17.5. The van der Waals surface area contributed by atoms with Gasteiger partial charge in [0.1, 0.15) is 0 Å². The van der Waals surface area contributed by atoms with Gasteiger partial charge in [0.25, 0.3) is 5.91 Å². The summed E-state index contributed by atoms with van der Waals surface area (Å²) < 4.78 is 1.97. The highest BCUT2D eigenvalue weighted by molar-refractivity contribution is 5.94. The molecule has 0 spiro atoms. The Bertz CT molecular complexity index is 753. The summed E-state index contributed by atoms with van der Waals surface area (Å²) in [7, 11) is 2.01. The van der Waals surface area contributed by atoms with Gasteiger partial charge in [-0.15, -0.1) is 0 Å². The minimum Gasteiger partial charge on any atom is -0.335 e. The molecule has 5 fully saturated rings. The Morgan fingerprint density at radius 3 is 2.18 bits per heavy atom. The van der Waals surface area contributed by atoms with Crippen LogP contribution >= 0.6 is 0 Å². The molecule has 4 bridgehead atoms. The Morgan fingerprint density at radius 2 is 1.54 bits per heavy atom. The lowest BCUT2D eigenvalue weighted by molar-refractivity contribution is -0.0987. The van der Waals surface area contributed by atoms with Crippen molar-refractivity contribution in [1.82, 2.24) is 19.6 Å². The summed E-state index contributed by atoms with van der Waals surface area (Å²) >= 11 is 0. The van der Waals surface area contributed by atoms with E-state index in [-0.39, 0.29) is 5.91 Å². The van der Waals surface area contributed by atoms with Crippen LogP contribution in [-0.2, 0) is 19.9 Å². The van der Waals surface area contributed by atoms with Crippen molar-refractivity contribution in [3.05, 3.63) is 17.0 Å². The van der Waals surface area contributed by atoms with E-state index < -0.39 is 0 Å². The van der Waals surface area contributed by atoms with Crippen LogP contribution in [0.15, 0.2) is 0 Å². The number of carbonyl (C=O) groups excluding carboxylic acids is 1. The van der Waals surface area contributed by atoms with Gasteiger partial charge >= 0.3 is 0 Å². The average molecular weight is 383 g/mol. The van der Waals surface area contributed by atoms with Crippen LogP contribution in [0.25, 0.3) is 0 Å². The van der Waals surface area contributed by atoms with Crippen molar-refractivity contribution < 1.29 is 4.79 Å². The molecule has 0 unspecified atom stereocenters. The lowest BCUT2D eigenvalue weighted by Crippen LogP contribution is -2.64. The monoisotopic (exact) mass is 382 g/mol. The molecule has 4 saturated carbocycles. The van der Waals surface area contributed by atoms with Crippen molar-refractivity contribution in [2.24, 2.45) is 24.8 Å². The standard InChI is InChI=1S/C23H34N4O/c1-25-20-5-3-2-4-19(20)21(24-25)22(28)26-6-8-27(9-7-26)23-13-16-10-17(14-23)12-18(11-16)15-23/h16-18H,2-15H2,1H3. The normalized spacial score (nSPS) is 37.3. The van der Waals surface area contributed by atoms with E-state index in [2.05, 4.69) is 14.9 Å².